The molecule has 0 heterocycles. The Kier molecular flexibility index (Phi) is 4.98. The first kappa shape index (κ1) is 15.5. The summed E-state index contributed by atoms with van der Waals surface area (Å²) >= 11 is 1.43. The number of nitro groups is 1. The molecule has 110 valence electrons. The van der Waals surface area contributed by atoms with Crippen LogP contribution in [0.15, 0.2) is 47.4 Å². The number of thioether (sulfide) groups is 1. The molecular weight excluding hydrogens is 286 g/mol. The summed E-state index contributed by atoms with van der Waals surface area (Å²) in [6.07, 6.45) is -0.709. The Labute approximate surface area is 128 Å². The molecule has 2 aromatic carbocycles. The van der Waals surface area contributed by atoms with E-state index in [1.54, 1.807) is 19.1 Å². The highest BCUT2D eigenvalue weighted by Gasteiger charge is 2.16. The van der Waals surface area contributed by atoms with Gasteiger partial charge in [-0.3, -0.25) is 10.1 Å². The minimum Gasteiger partial charge on any atom is -0.389 e. The summed E-state index contributed by atoms with van der Waals surface area (Å²) in [5.74, 6) is 0.677. The molecule has 0 aliphatic rings. The van der Waals surface area contributed by atoms with E-state index < -0.39 is 11.0 Å². The molecule has 0 aliphatic heterocycles. The summed E-state index contributed by atoms with van der Waals surface area (Å²) in [5.41, 5.74) is 2.91. The van der Waals surface area contributed by atoms with Gasteiger partial charge in [0.1, 0.15) is 0 Å². The van der Waals surface area contributed by atoms with Gasteiger partial charge < -0.3 is 5.11 Å². The average molecular weight is 303 g/mol. The summed E-state index contributed by atoms with van der Waals surface area (Å²) in [6.45, 7) is 3.62. The standard InChI is InChI=1S/C16H17NO3S/c1-11-4-3-5-13(8-11)10-21-16-7-6-14(12(2)18)9-15(16)17(19)20/h3-9,12,18H,10H2,1-2H3. The topological polar surface area (TPSA) is 63.4 Å². The predicted octanol–water partition coefficient (Wildman–Crippen LogP) is 4.25. The Morgan fingerprint density at radius 1 is 1.29 bits per heavy atom. The maximum Gasteiger partial charge on any atom is 0.283 e. The van der Waals surface area contributed by atoms with Gasteiger partial charge >= 0.3 is 0 Å². The molecule has 0 aromatic heterocycles. The van der Waals surface area contributed by atoms with Crippen molar-refractivity contribution in [1.29, 1.82) is 0 Å². The van der Waals surface area contributed by atoms with Crippen molar-refractivity contribution in [2.24, 2.45) is 0 Å². The number of benzene rings is 2. The van der Waals surface area contributed by atoms with E-state index in [1.165, 1.54) is 23.4 Å². The van der Waals surface area contributed by atoms with Crippen LogP contribution in [0.5, 0.6) is 0 Å². The lowest BCUT2D eigenvalue weighted by Gasteiger charge is -2.08. The predicted molar refractivity (Wildman–Crippen MR) is 84.5 cm³/mol. The summed E-state index contributed by atoms with van der Waals surface area (Å²) in [7, 11) is 0. The maximum absolute atomic E-state index is 11.2. The van der Waals surface area contributed by atoms with Crippen LogP contribution >= 0.6 is 11.8 Å². The number of hydrogen-bond acceptors (Lipinski definition) is 4. The second-order valence-electron chi connectivity index (χ2n) is 4.94. The molecule has 4 nitrogen and oxygen atoms in total. The Bertz CT molecular complexity index is 656. The number of rotatable bonds is 5. The van der Waals surface area contributed by atoms with Crippen molar-refractivity contribution in [3.05, 3.63) is 69.3 Å². The third-order valence-electron chi connectivity index (χ3n) is 3.14. The molecule has 2 aromatic rings. The fourth-order valence-corrected chi connectivity index (χ4v) is 2.97. The van der Waals surface area contributed by atoms with E-state index in [1.807, 2.05) is 25.1 Å². The highest BCUT2D eigenvalue weighted by molar-refractivity contribution is 7.98. The van der Waals surface area contributed by atoms with Crippen molar-refractivity contribution < 1.29 is 10.0 Å². The molecule has 1 unspecified atom stereocenters. The number of nitro benzene ring substituents is 1. The number of hydrogen-bond donors (Lipinski definition) is 1. The quantitative estimate of drug-likeness (QED) is 0.509. The summed E-state index contributed by atoms with van der Waals surface area (Å²) in [4.78, 5) is 11.4. The van der Waals surface area contributed by atoms with Crippen molar-refractivity contribution in [2.75, 3.05) is 0 Å². The zero-order valence-corrected chi connectivity index (χ0v) is 12.8. The van der Waals surface area contributed by atoms with Gasteiger partial charge in [0.05, 0.1) is 15.9 Å². The largest absolute Gasteiger partial charge is 0.389 e. The monoisotopic (exact) mass is 303 g/mol. The molecule has 0 amide bonds. The van der Waals surface area contributed by atoms with Crippen molar-refractivity contribution >= 4 is 17.4 Å². The number of aliphatic hydroxyl groups excluding tert-OH is 1. The number of aryl methyl sites for hydroxylation is 1. The maximum atomic E-state index is 11.2. The smallest absolute Gasteiger partial charge is 0.283 e. The van der Waals surface area contributed by atoms with Gasteiger partial charge in [-0.2, -0.15) is 0 Å². The van der Waals surface area contributed by atoms with Crippen LogP contribution in [0.25, 0.3) is 0 Å². The molecule has 2 rings (SSSR count). The molecule has 1 atom stereocenters. The first-order chi connectivity index (χ1) is 9.97. The van der Waals surface area contributed by atoms with Gasteiger partial charge in [-0.05, 0) is 31.0 Å². The molecule has 1 N–H and O–H groups in total. The second-order valence-corrected chi connectivity index (χ2v) is 5.96. The van der Waals surface area contributed by atoms with Crippen molar-refractivity contribution in [2.45, 2.75) is 30.6 Å². The highest BCUT2D eigenvalue weighted by Crippen LogP contribution is 2.33. The molecule has 0 fully saturated rings. The van der Waals surface area contributed by atoms with Crippen LogP contribution in [-0.2, 0) is 5.75 Å². The number of nitrogens with zero attached hydrogens (tertiary/aromatic N) is 1. The zero-order chi connectivity index (χ0) is 15.4. The molecule has 0 saturated carbocycles. The fraction of sp³-hybridized carbons (Fsp3) is 0.250. The third kappa shape index (κ3) is 4.06. The summed E-state index contributed by atoms with van der Waals surface area (Å²) < 4.78 is 0. The SMILES string of the molecule is Cc1cccc(CSc2ccc(C(C)O)cc2[N+](=O)[O-])c1. The van der Waals surface area contributed by atoms with Crippen LogP contribution < -0.4 is 0 Å². The highest BCUT2D eigenvalue weighted by atomic mass is 32.2. The van der Waals surface area contributed by atoms with Gasteiger partial charge in [0.15, 0.2) is 0 Å². The Balaban J connectivity index is 2.21. The molecule has 0 spiro atoms. The van der Waals surface area contributed by atoms with Crippen molar-refractivity contribution in [3.63, 3.8) is 0 Å². The van der Waals surface area contributed by atoms with Crippen molar-refractivity contribution in [1.82, 2.24) is 0 Å². The van der Waals surface area contributed by atoms with E-state index in [-0.39, 0.29) is 5.69 Å². The Morgan fingerprint density at radius 3 is 2.67 bits per heavy atom. The summed E-state index contributed by atoms with van der Waals surface area (Å²) in [6, 6.07) is 13.0. The molecule has 0 bridgehead atoms. The molecule has 0 saturated heterocycles. The van der Waals surface area contributed by atoms with Crippen LogP contribution in [0.4, 0.5) is 5.69 Å². The molecular formula is C16H17NO3S. The number of aliphatic hydroxyl groups is 1. The molecule has 5 heteroatoms. The van der Waals surface area contributed by atoms with Crippen LogP contribution in [-0.4, -0.2) is 10.0 Å². The minimum atomic E-state index is -0.709. The van der Waals surface area contributed by atoms with Crippen LogP contribution in [0.3, 0.4) is 0 Å². The van der Waals surface area contributed by atoms with Gasteiger partial charge in [-0.1, -0.05) is 35.9 Å². The average Bonchev–Trinajstić information content (AvgIpc) is 2.44. The van der Waals surface area contributed by atoms with Gasteiger partial charge in [0, 0.05) is 11.8 Å². The van der Waals surface area contributed by atoms with E-state index in [0.29, 0.717) is 16.2 Å². The lowest BCUT2D eigenvalue weighted by atomic mass is 10.1. The minimum absolute atomic E-state index is 0.0473. The molecule has 21 heavy (non-hydrogen) atoms. The van der Waals surface area contributed by atoms with E-state index in [9.17, 15) is 15.2 Å². The van der Waals surface area contributed by atoms with Gasteiger partial charge in [-0.25, -0.2) is 0 Å². The van der Waals surface area contributed by atoms with Crippen LogP contribution in [0, 0.1) is 17.0 Å². The Hall–Kier alpha value is -1.85. The molecule has 0 radical (unpaired) electrons. The van der Waals surface area contributed by atoms with E-state index >= 15 is 0 Å². The van der Waals surface area contributed by atoms with Gasteiger partial charge in [0.2, 0.25) is 0 Å². The first-order valence-corrected chi connectivity index (χ1v) is 7.60. The van der Waals surface area contributed by atoms with Crippen molar-refractivity contribution in [3.8, 4) is 0 Å². The van der Waals surface area contributed by atoms with Crippen LogP contribution in [0.1, 0.15) is 29.7 Å². The summed E-state index contributed by atoms with van der Waals surface area (Å²) in [5, 5.41) is 20.7. The lowest BCUT2D eigenvalue weighted by Crippen LogP contribution is -1.96. The van der Waals surface area contributed by atoms with Gasteiger partial charge in [-0.15, -0.1) is 11.8 Å². The molecule has 0 aliphatic carbocycles. The van der Waals surface area contributed by atoms with E-state index in [4.69, 9.17) is 0 Å². The fourth-order valence-electron chi connectivity index (χ4n) is 2.02. The third-order valence-corrected chi connectivity index (χ3v) is 4.27. The first-order valence-electron chi connectivity index (χ1n) is 6.62. The van der Waals surface area contributed by atoms with E-state index in [0.717, 1.165) is 5.56 Å². The normalized spacial score (nSPS) is 12.1. The zero-order valence-electron chi connectivity index (χ0n) is 11.9. The second kappa shape index (κ2) is 6.74. The van der Waals surface area contributed by atoms with Gasteiger partial charge in [0.25, 0.3) is 5.69 Å². The van der Waals surface area contributed by atoms with Crippen LogP contribution in [0.2, 0.25) is 0 Å². The lowest BCUT2D eigenvalue weighted by molar-refractivity contribution is -0.387. The Morgan fingerprint density at radius 2 is 2.05 bits per heavy atom. The van der Waals surface area contributed by atoms with E-state index in [2.05, 4.69) is 6.07 Å².